The molecule has 0 saturated carbocycles. The number of aryl methyl sites for hydroxylation is 1. The van der Waals surface area contributed by atoms with E-state index in [-0.39, 0.29) is 5.82 Å². The number of halogens is 1. The lowest BCUT2D eigenvalue weighted by atomic mass is 10.2. The highest BCUT2D eigenvalue weighted by molar-refractivity contribution is 7.85. The molecule has 0 spiro atoms. The zero-order valence-corrected chi connectivity index (χ0v) is 21.3. The number of hydrogen-bond donors (Lipinski definition) is 3. The van der Waals surface area contributed by atoms with Gasteiger partial charge in [-0.2, -0.15) is 13.4 Å². The van der Waals surface area contributed by atoms with E-state index in [1.807, 2.05) is 41.8 Å². The van der Waals surface area contributed by atoms with Crippen molar-refractivity contribution in [1.82, 2.24) is 19.5 Å². The maximum Gasteiger partial charge on any atom is 0.269 e. The van der Waals surface area contributed by atoms with Crippen molar-refractivity contribution in [2.75, 3.05) is 22.6 Å². The van der Waals surface area contributed by atoms with Crippen LogP contribution in [-0.4, -0.2) is 39.5 Å². The average Bonchev–Trinajstić information content (AvgIpc) is 3.19. The number of anilines is 6. The molecule has 0 saturated heterocycles. The third-order valence-electron chi connectivity index (χ3n) is 5.90. The molecule has 5 aromatic rings. The number of nitrogens with zero attached hydrogens (tertiary/aromatic N) is 5. The van der Waals surface area contributed by atoms with Gasteiger partial charge in [0.15, 0.2) is 0 Å². The number of fused-ring (bicyclic) bond motifs is 1. The van der Waals surface area contributed by atoms with Crippen LogP contribution in [0.2, 0.25) is 0 Å². The van der Waals surface area contributed by atoms with Gasteiger partial charge in [-0.25, -0.2) is 14.4 Å². The Morgan fingerprint density at radius 2 is 1.63 bits per heavy atom. The monoisotopic (exact) mass is 533 g/mol. The highest BCUT2D eigenvalue weighted by atomic mass is 32.2. The van der Waals surface area contributed by atoms with Gasteiger partial charge in [-0.05, 0) is 66.2 Å². The molecule has 2 heterocycles. The Bertz CT molecular complexity index is 1710. The van der Waals surface area contributed by atoms with Crippen molar-refractivity contribution >= 4 is 55.9 Å². The van der Waals surface area contributed by atoms with Gasteiger partial charge < -0.3 is 20.1 Å². The van der Waals surface area contributed by atoms with Crippen molar-refractivity contribution in [2.45, 2.75) is 5.75 Å². The van der Waals surface area contributed by atoms with E-state index in [9.17, 15) is 12.8 Å². The fourth-order valence-electron chi connectivity index (χ4n) is 3.92. The maximum absolute atomic E-state index is 13.2. The first kappa shape index (κ1) is 25.1. The summed E-state index contributed by atoms with van der Waals surface area (Å²) in [4.78, 5) is 15.5. The normalized spacial score (nSPS) is 11.5. The van der Waals surface area contributed by atoms with Gasteiger partial charge in [0, 0.05) is 37.4 Å². The van der Waals surface area contributed by atoms with E-state index in [4.69, 9.17) is 9.54 Å². The third kappa shape index (κ3) is 5.71. The first-order chi connectivity index (χ1) is 18.1. The van der Waals surface area contributed by atoms with Crippen molar-refractivity contribution in [3.05, 3.63) is 90.4 Å². The van der Waals surface area contributed by atoms with Gasteiger partial charge in [-0.1, -0.05) is 12.1 Å². The average molecular weight is 534 g/mol. The van der Waals surface area contributed by atoms with Gasteiger partial charge in [-0.15, -0.1) is 0 Å². The summed E-state index contributed by atoms with van der Waals surface area (Å²) in [6.07, 6.45) is 1.64. The summed E-state index contributed by atoms with van der Waals surface area (Å²) in [5, 5.41) is 6.31. The predicted octanol–water partition coefficient (Wildman–Crippen LogP) is 5.15. The number of nitrogens with one attached hydrogen (secondary N) is 2. The van der Waals surface area contributed by atoms with E-state index in [0.29, 0.717) is 29.0 Å². The van der Waals surface area contributed by atoms with E-state index in [1.165, 1.54) is 12.1 Å². The molecule has 0 aliphatic rings. The van der Waals surface area contributed by atoms with Crippen molar-refractivity contribution in [3.63, 3.8) is 0 Å². The predicted molar refractivity (Wildman–Crippen MR) is 145 cm³/mol. The van der Waals surface area contributed by atoms with Crippen LogP contribution in [0.15, 0.2) is 79.0 Å². The van der Waals surface area contributed by atoms with Crippen molar-refractivity contribution in [2.24, 2.45) is 7.05 Å². The quantitative estimate of drug-likeness (QED) is 0.232. The summed E-state index contributed by atoms with van der Waals surface area (Å²) in [6.45, 7) is 0. The molecule has 12 heteroatoms. The number of hydrogen-bond acceptors (Lipinski definition) is 8. The second-order valence-electron chi connectivity index (χ2n) is 8.64. The summed E-state index contributed by atoms with van der Waals surface area (Å²) >= 11 is 0. The molecule has 0 unspecified atom stereocenters. The van der Waals surface area contributed by atoms with Crippen LogP contribution in [-0.2, 0) is 22.9 Å². The van der Waals surface area contributed by atoms with Crippen LogP contribution < -0.4 is 15.5 Å². The molecule has 0 fully saturated rings. The van der Waals surface area contributed by atoms with E-state index >= 15 is 0 Å². The standard InChI is InChI=1S/C26H24FN7O3S/c1-33(24-13-14-28-25(32-24)29-19-7-3-17(4-8-19)16-38(35,36)37)21-11-12-23-22(15-21)31-26(34(23)2)30-20-9-5-18(27)6-10-20/h3-15H,16H2,1-2H3,(H,30,31)(H,28,29,32)(H,35,36,37). The van der Waals surface area contributed by atoms with Gasteiger partial charge in [0.1, 0.15) is 17.4 Å². The molecule has 2 aromatic heterocycles. The molecule has 3 aromatic carbocycles. The molecule has 0 aliphatic heterocycles. The molecule has 0 radical (unpaired) electrons. The number of aromatic nitrogens is 4. The van der Waals surface area contributed by atoms with Gasteiger partial charge in [0.2, 0.25) is 11.9 Å². The van der Waals surface area contributed by atoms with Gasteiger partial charge in [0.05, 0.1) is 11.0 Å². The number of benzene rings is 3. The fourth-order valence-corrected chi connectivity index (χ4v) is 4.54. The number of rotatable bonds is 8. The Morgan fingerprint density at radius 3 is 2.34 bits per heavy atom. The Kier molecular flexibility index (Phi) is 6.66. The molecule has 10 nitrogen and oxygen atoms in total. The maximum atomic E-state index is 13.2. The van der Waals surface area contributed by atoms with Gasteiger partial charge in [0.25, 0.3) is 10.1 Å². The minimum Gasteiger partial charge on any atom is -0.329 e. The molecule has 0 aliphatic carbocycles. The molecular formula is C26H24FN7O3S. The Labute approximate surface area is 218 Å². The van der Waals surface area contributed by atoms with E-state index in [1.54, 1.807) is 48.7 Å². The summed E-state index contributed by atoms with van der Waals surface area (Å²) in [6, 6.07) is 20.3. The van der Waals surface area contributed by atoms with Crippen LogP contribution in [0.4, 0.5) is 39.2 Å². The van der Waals surface area contributed by atoms with E-state index < -0.39 is 15.9 Å². The lowest BCUT2D eigenvalue weighted by Gasteiger charge is -2.19. The zero-order chi connectivity index (χ0) is 26.9. The molecule has 38 heavy (non-hydrogen) atoms. The summed E-state index contributed by atoms with van der Waals surface area (Å²) < 4.78 is 46.3. The minimum atomic E-state index is -4.09. The van der Waals surface area contributed by atoms with Crippen LogP contribution in [0.3, 0.4) is 0 Å². The van der Waals surface area contributed by atoms with Gasteiger partial charge >= 0.3 is 0 Å². The summed E-state index contributed by atoms with van der Waals surface area (Å²) in [5.41, 5.74) is 4.43. The highest BCUT2D eigenvalue weighted by Crippen LogP contribution is 2.29. The lowest BCUT2D eigenvalue weighted by Crippen LogP contribution is -2.12. The van der Waals surface area contributed by atoms with Crippen LogP contribution in [0, 0.1) is 5.82 Å². The van der Waals surface area contributed by atoms with E-state index in [0.717, 1.165) is 22.4 Å². The molecule has 5 rings (SSSR count). The molecular weight excluding hydrogens is 509 g/mol. The second kappa shape index (κ2) is 10.1. The second-order valence-corrected chi connectivity index (χ2v) is 10.1. The highest BCUT2D eigenvalue weighted by Gasteiger charge is 2.13. The Hall–Kier alpha value is -4.55. The molecule has 0 bridgehead atoms. The third-order valence-corrected chi connectivity index (χ3v) is 6.59. The zero-order valence-electron chi connectivity index (χ0n) is 20.5. The van der Waals surface area contributed by atoms with Crippen molar-refractivity contribution < 1.29 is 17.4 Å². The lowest BCUT2D eigenvalue weighted by molar-refractivity contribution is 0.482. The molecule has 0 atom stereocenters. The van der Waals surface area contributed by atoms with Gasteiger partial charge in [-0.3, -0.25) is 4.55 Å². The Balaban J connectivity index is 1.34. The first-order valence-electron chi connectivity index (χ1n) is 11.5. The van der Waals surface area contributed by atoms with Crippen molar-refractivity contribution in [3.8, 4) is 0 Å². The van der Waals surface area contributed by atoms with Crippen LogP contribution in [0.25, 0.3) is 11.0 Å². The van der Waals surface area contributed by atoms with Crippen molar-refractivity contribution in [1.29, 1.82) is 0 Å². The number of imidazole rings is 1. The molecule has 0 amide bonds. The molecule has 3 N–H and O–H groups in total. The topological polar surface area (TPSA) is 125 Å². The SMILES string of the molecule is CN(c1ccc2c(c1)nc(Nc1ccc(F)cc1)n2C)c1ccnc(Nc2ccc(CS(=O)(=O)O)cc2)n1. The van der Waals surface area contributed by atoms with Crippen LogP contribution in [0.5, 0.6) is 0 Å². The molecule has 194 valence electrons. The van der Waals surface area contributed by atoms with E-state index in [2.05, 4.69) is 20.6 Å². The summed E-state index contributed by atoms with van der Waals surface area (Å²) in [7, 11) is -0.302. The largest absolute Gasteiger partial charge is 0.329 e. The minimum absolute atomic E-state index is 0.301. The fraction of sp³-hybridized carbons (Fsp3) is 0.115. The Morgan fingerprint density at radius 1 is 0.947 bits per heavy atom. The first-order valence-corrected chi connectivity index (χ1v) is 13.1. The van der Waals surface area contributed by atoms with Crippen LogP contribution >= 0.6 is 0 Å². The summed E-state index contributed by atoms with van der Waals surface area (Å²) in [5.74, 6) is 0.883. The smallest absolute Gasteiger partial charge is 0.269 e. The van der Waals surface area contributed by atoms with Crippen LogP contribution in [0.1, 0.15) is 5.56 Å².